The summed E-state index contributed by atoms with van der Waals surface area (Å²) in [6.45, 7) is 4.85. The van der Waals surface area contributed by atoms with Gasteiger partial charge in [-0.1, -0.05) is 13.0 Å². The molecule has 4 nitrogen and oxygen atoms in total. The van der Waals surface area contributed by atoms with Gasteiger partial charge in [0.05, 0.1) is 9.40 Å². The topological polar surface area (TPSA) is 55.2 Å². The third-order valence-corrected chi connectivity index (χ3v) is 3.14. The summed E-state index contributed by atoms with van der Waals surface area (Å²) in [6.07, 6.45) is 1.04. The molecule has 0 aliphatic rings. The number of nitrogens with one attached hydrogen (secondary N) is 1. The second-order valence-corrected chi connectivity index (χ2v) is 4.59. The molecule has 0 fully saturated rings. The Morgan fingerprint density at radius 2 is 2.25 bits per heavy atom. The molecule has 0 aliphatic heterocycles. The SMILES string of the molecule is CCC(C)NCc1ccc(Br)c([N+](=O)[O-])c1. The summed E-state index contributed by atoms with van der Waals surface area (Å²) in [5.74, 6) is 0. The first-order chi connectivity index (χ1) is 7.54. The predicted octanol–water partition coefficient (Wildman–Crippen LogP) is 3.25. The molecule has 1 N–H and O–H groups in total. The maximum Gasteiger partial charge on any atom is 0.283 e. The molecular weight excluding hydrogens is 272 g/mol. The third kappa shape index (κ3) is 3.57. The Kier molecular flexibility index (Phi) is 4.89. The normalized spacial score (nSPS) is 12.4. The number of hydrogen-bond acceptors (Lipinski definition) is 3. The molecule has 0 heterocycles. The summed E-state index contributed by atoms with van der Waals surface area (Å²) >= 11 is 3.16. The lowest BCUT2D eigenvalue weighted by Crippen LogP contribution is -2.24. The number of halogens is 1. The molecule has 0 saturated heterocycles. The molecule has 1 aromatic rings. The van der Waals surface area contributed by atoms with Crippen molar-refractivity contribution in [2.45, 2.75) is 32.9 Å². The minimum atomic E-state index is -0.378. The van der Waals surface area contributed by atoms with Gasteiger partial charge >= 0.3 is 0 Å². The van der Waals surface area contributed by atoms with Crippen LogP contribution in [-0.2, 0) is 6.54 Å². The van der Waals surface area contributed by atoms with Gasteiger partial charge in [0.2, 0.25) is 0 Å². The molecule has 1 rings (SSSR count). The molecule has 0 aromatic heterocycles. The first-order valence-electron chi connectivity index (χ1n) is 5.20. The Labute approximate surface area is 103 Å². The minimum Gasteiger partial charge on any atom is -0.310 e. The Balaban J connectivity index is 2.75. The van der Waals surface area contributed by atoms with Crippen molar-refractivity contribution in [3.05, 3.63) is 38.3 Å². The molecule has 0 bridgehead atoms. The van der Waals surface area contributed by atoms with Crippen LogP contribution in [-0.4, -0.2) is 11.0 Å². The van der Waals surface area contributed by atoms with Crippen molar-refractivity contribution in [2.75, 3.05) is 0 Å². The molecule has 88 valence electrons. The lowest BCUT2D eigenvalue weighted by molar-refractivity contribution is -0.385. The van der Waals surface area contributed by atoms with Crippen LogP contribution < -0.4 is 5.32 Å². The van der Waals surface area contributed by atoms with Crippen molar-refractivity contribution >= 4 is 21.6 Å². The van der Waals surface area contributed by atoms with Gasteiger partial charge in [-0.2, -0.15) is 0 Å². The van der Waals surface area contributed by atoms with Crippen LogP contribution in [0, 0.1) is 10.1 Å². The van der Waals surface area contributed by atoms with Gasteiger partial charge in [-0.15, -0.1) is 0 Å². The van der Waals surface area contributed by atoms with E-state index in [1.165, 1.54) is 0 Å². The van der Waals surface area contributed by atoms with Crippen LogP contribution in [0.4, 0.5) is 5.69 Å². The molecule has 0 spiro atoms. The lowest BCUT2D eigenvalue weighted by atomic mass is 10.2. The molecule has 1 aromatic carbocycles. The van der Waals surface area contributed by atoms with Gasteiger partial charge in [0.1, 0.15) is 0 Å². The van der Waals surface area contributed by atoms with Gasteiger partial charge in [-0.3, -0.25) is 10.1 Å². The van der Waals surface area contributed by atoms with Crippen molar-refractivity contribution in [1.29, 1.82) is 0 Å². The molecule has 1 atom stereocenters. The monoisotopic (exact) mass is 286 g/mol. The Hall–Kier alpha value is -0.940. The quantitative estimate of drug-likeness (QED) is 0.668. The summed E-state index contributed by atoms with van der Waals surface area (Å²) in [6, 6.07) is 5.61. The van der Waals surface area contributed by atoms with Crippen LogP contribution in [0.1, 0.15) is 25.8 Å². The average Bonchev–Trinajstić information content (AvgIpc) is 2.27. The zero-order valence-electron chi connectivity index (χ0n) is 9.37. The lowest BCUT2D eigenvalue weighted by Gasteiger charge is -2.11. The van der Waals surface area contributed by atoms with Crippen LogP contribution in [0.3, 0.4) is 0 Å². The Morgan fingerprint density at radius 1 is 1.56 bits per heavy atom. The summed E-state index contributed by atoms with van der Waals surface area (Å²) in [7, 11) is 0. The highest BCUT2D eigenvalue weighted by atomic mass is 79.9. The van der Waals surface area contributed by atoms with Gasteiger partial charge < -0.3 is 5.32 Å². The van der Waals surface area contributed by atoms with E-state index in [1.807, 2.05) is 6.07 Å². The molecule has 0 radical (unpaired) electrons. The molecule has 0 amide bonds. The van der Waals surface area contributed by atoms with Crippen molar-refractivity contribution < 1.29 is 4.92 Å². The zero-order valence-corrected chi connectivity index (χ0v) is 11.0. The van der Waals surface area contributed by atoms with E-state index in [4.69, 9.17) is 0 Å². The van der Waals surface area contributed by atoms with Gasteiger partial charge in [-0.05, 0) is 40.9 Å². The van der Waals surface area contributed by atoms with E-state index >= 15 is 0 Å². The van der Waals surface area contributed by atoms with Gasteiger partial charge in [0.15, 0.2) is 0 Å². The fourth-order valence-corrected chi connectivity index (χ4v) is 1.64. The number of nitro benzene ring substituents is 1. The summed E-state index contributed by atoms with van der Waals surface area (Å²) in [5, 5.41) is 14.0. The molecule has 0 aliphatic carbocycles. The number of nitrogens with zero attached hydrogens (tertiary/aromatic N) is 1. The highest BCUT2D eigenvalue weighted by molar-refractivity contribution is 9.10. The second kappa shape index (κ2) is 5.96. The maximum absolute atomic E-state index is 10.7. The van der Waals surface area contributed by atoms with Crippen LogP contribution in [0.15, 0.2) is 22.7 Å². The van der Waals surface area contributed by atoms with E-state index in [0.29, 0.717) is 17.1 Å². The smallest absolute Gasteiger partial charge is 0.283 e. The van der Waals surface area contributed by atoms with Crippen LogP contribution in [0.2, 0.25) is 0 Å². The number of hydrogen-bond donors (Lipinski definition) is 1. The maximum atomic E-state index is 10.7. The van der Waals surface area contributed by atoms with Crippen LogP contribution >= 0.6 is 15.9 Å². The summed E-state index contributed by atoms with van der Waals surface area (Å²) in [4.78, 5) is 10.3. The highest BCUT2D eigenvalue weighted by Crippen LogP contribution is 2.25. The van der Waals surface area contributed by atoms with Crippen LogP contribution in [0.5, 0.6) is 0 Å². The van der Waals surface area contributed by atoms with Crippen LogP contribution in [0.25, 0.3) is 0 Å². The van der Waals surface area contributed by atoms with E-state index < -0.39 is 0 Å². The van der Waals surface area contributed by atoms with Crippen molar-refractivity contribution in [2.24, 2.45) is 0 Å². The van der Waals surface area contributed by atoms with Gasteiger partial charge in [0.25, 0.3) is 5.69 Å². The minimum absolute atomic E-state index is 0.114. The zero-order chi connectivity index (χ0) is 12.1. The first kappa shape index (κ1) is 13.1. The molecule has 0 saturated carbocycles. The Bertz CT molecular complexity index is 382. The van der Waals surface area contributed by atoms with E-state index in [2.05, 4.69) is 35.1 Å². The fourth-order valence-electron chi connectivity index (χ4n) is 1.24. The van der Waals surface area contributed by atoms with E-state index in [0.717, 1.165) is 12.0 Å². The summed E-state index contributed by atoms with van der Waals surface area (Å²) in [5.41, 5.74) is 1.04. The van der Waals surface area contributed by atoms with E-state index in [1.54, 1.807) is 12.1 Å². The molecule has 1 unspecified atom stereocenters. The largest absolute Gasteiger partial charge is 0.310 e. The summed E-state index contributed by atoms with van der Waals surface area (Å²) < 4.78 is 0.518. The van der Waals surface area contributed by atoms with Gasteiger partial charge in [-0.25, -0.2) is 0 Å². The number of benzene rings is 1. The molecule has 5 heteroatoms. The predicted molar refractivity (Wildman–Crippen MR) is 67.4 cm³/mol. The fraction of sp³-hybridized carbons (Fsp3) is 0.455. The van der Waals surface area contributed by atoms with E-state index in [-0.39, 0.29) is 10.6 Å². The first-order valence-corrected chi connectivity index (χ1v) is 6.00. The van der Waals surface area contributed by atoms with E-state index in [9.17, 15) is 10.1 Å². The van der Waals surface area contributed by atoms with Crippen molar-refractivity contribution in [1.82, 2.24) is 5.32 Å². The van der Waals surface area contributed by atoms with Crippen molar-refractivity contribution in [3.63, 3.8) is 0 Å². The number of nitro groups is 1. The van der Waals surface area contributed by atoms with Gasteiger partial charge in [0, 0.05) is 18.7 Å². The van der Waals surface area contributed by atoms with Crippen molar-refractivity contribution in [3.8, 4) is 0 Å². The standard InChI is InChI=1S/C11H15BrN2O2/c1-3-8(2)13-7-9-4-5-10(12)11(6-9)14(15)16/h4-6,8,13H,3,7H2,1-2H3. The second-order valence-electron chi connectivity index (χ2n) is 3.73. The molecular formula is C11H15BrN2O2. The number of rotatable bonds is 5. The average molecular weight is 287 g/mol. The highest BCUT2D eigenvalue weighted by Gasteiger charge is 2.12. The Morgan fingerprint density at radius 3 is 2.81 bits per heavy atom. The molecule has 16 heavy (non-hydrogen) atoms. The third-order valence-electron chi connectivity index (χ3n) is 2.47.